The first-order valence-electron chi connectivity index (χ1n) is 4.77. The zero-order valence-corrected chi connectivity index (χ0v) is 9.88. The van der Waals surface area contributed by atoms with Gasteiger partial charge in [-0.3, -0.25) is 0 Å². The van der Waals surface area contributed by atoms with Crippen LogP contribution >= 0.6 is 12.2 Å². The fourth-order valence-corrected chi connectivity index (χ4v) is 1.35. The molecule has 2 N–H and O–H groups in total. The SMILES string of the molecule is COc1cccc(N(C)CCC(N)=S)c1. The Labute approximate surface area is 95.8 Å². The van der Waals surface area contributed by atoms with Gasteiger partial charge in [0.15, 0.2) is 0 Å². The van der Waals surface area contributed by atoms with Crippen molar-refractivity contribution in [1.29, 1.82) is 0 Å². The lowest BCUT2D eigenvalue weighted by atomic mass is 10.2. The molecule has 1 rings (SSSR count). The van der Waals surface area contributed by atoms with E-state index in [0.717, 1.165) is 24.4 Å². The number of benzene rings is 1. The Balaban J connectivity index is 2.64. The number of thiocarbonyl (C=S) groups is 1. The Kier molecular flexibility index (Phi) is 4.37. The number of rotatable bonds is 5. The Bertz CT molecular complexity index is 341. The summed E-state index contributed by atoms with van der Waals surface area (Å²) < 4.78 is 5.15. The van der Waals surface area contributed by atoms with Gasteiger partial charge in [-0.25, -0.2) is 0 Å². The van der Waals surface area contributed by atoms with Crippen molar-refractivity contribution in [3.8, 4) is 5.75 Å². The largest absolute Gasteiger partial charge is 0.497 e. The summed E-state index contributed by atoms with van der Waals surface area (Å²) in [5.74, 6) is 0.856. The maximum atomic E-state index is 5.45. The average molecular weight is 224 g/mol. The van der Waals surface area contributed by atoms with Gasteiger partial charge in [-0.2, -0.15) is 0 Å². The average Bonchev–Trinajstić information content (AvgIpc) is 2.26. The Morgan fingerprint density at radius 3 is 2.87 bits per heavy atom. The Hall–Kier alpha value is -1.29. The molecule has 15 heavy (non-hydrogen) atoms. The van der Waals surface area contributed by atoms with Gasteiger partial charge >= 0.3 is 0 Å². The number of nitrogens with zero attached hydrogens (tertiary/aromatic N) is 1. The number of methoxy groups -OCH3 is 1. The Morgan fingerprint density at radius 1 is 1.53 bits per heavy atom. The molecule has 0 amide bonds. The first-order chi connectivity index (χ1) is 7.13. The summed E-state index contributed by atoms with van der Waals surface area (Å²) in [6.45, 7) is 0.822. The third-order valence-electron chi connectivity index (χ3n) is 2.19. The van der Waals surface area contributed by atoms with Crippen molar-refractivity contribution in [1.82, 2.24) is 0 Å². The first kappa shape index (κ1) is 11.8. The molecular formula is C11H16N2OS. The number of nitrogens with two attached hydrogens (primary N) is 1. The van der Waals surface area contributed by atoms with Crippen LogP contribution in [0, 0.1) is 0 Å². The van der Waals surface area contributed by atoms with Gasteiger partial charge in [0.2, 0.25) is 0 Å². The normalized spacial score (nSPS) is 9.73. The van der Waals surface area contributed by atoms with E-state index >= 15 is 0 Å². The molecule has 1 aromatic carbocycles. The molecule has 0 unspecified atom stereocenters. The molecule has 0 bridgehead atoms. The molecule has 0 saturated heterocycles. The number of hydrogen-bond acceptors (Lipinski definition) is 3. The van der Waals surface area contributed by atoms with Gasteiger partial charge in [-0.15, -0.1) is 0 Å². The van der Waals surface area contributed by atoms with Crippen LogP contribution in [0.15, 0.2) is 24.3 Å². The van der Waals surface area contributed by atoms with Crippen molar-refractivity contribution in [3.05, 3.63) is 24.3 Å². The molecule has 4 heteroatoms. The number of anilines is 1. The van der Waals surface area contributed by atoms with Gasteiger partial charge in [0.05, 0.1) is 12.1 Å². The van der Waals surface area contributed by atoms with Crippen LogP contribution in [0.4, 0.5) is 5.69 Å². The highest BCUT2D eigenvalue weighted by atomic mass is 32.1. The van der Waals surface area contributed by atoms with E-state index in [9.17, 15) is 0 Å². The molecule has 0 heterocycles. The summed E-state index contributed by atoms with van der Waals surface area (Å²) in [6.07, 6.45) is 0.725. The van der Waals surface area contributed by atoms with Crippen LogP contribution in [0.2, 0.25) is 0 Å². The van der Waals surface area contributed by atoms with Crippen molar-refractivity contribution in [2.75, 3.05) is 25.6 Å². The molecule has 0 aliphatic heterocycles. The van der Waals surface area contributed by atoms with E-state index in [1.54, 1.807) is 7.11 Å². The van der Waals surface area contributed by atoms with Crippen LogP contribution in [-0.2, 0) is 0 Å². The quantitative estimate of drug-likeness (QED) is 0.774. The summed E-state index contributed by atoms with van der Waals surface area (Å²) >= 11 is 4.84. The lowest BCUT2D eigenvalue weighted by molar-refractivity contribution is 0.415. The van der Waals surface area contributed by atoms with Crippen LogP contribution in [0.25, 0.3) is 0 Å². The highest BCUT2D eigenvalue weighted by Crippen LogP contribution is 2.19. The van der Waals surface area contributed by atoms with Crippen LogP contribution in [0.1, 0.15) is 6.42 Å². The van der Waals surface area contributed by atoms with Crippen molar-refractivity contribution in [3.63, 3.8) is 0 Å². The minimum Gasteiger partial charge on any atom is -0.497 e. The summed E-state index contributed by atoms with van der Waals surface area (Å²) in [5, 5.41) is 0. The van der Waals surface area contributed by atoms with E-state index < -0.39 is 0 Å². The number of hydrogen-bond donors (Lipinski definition) is 1. The minimum absolute atomic E-state index is 0.546. The second kappa shape index (κ2) is 5.56. The fourth-order valence-electron chi connectivity index (χ4n) is 1.25. The molecule has 0 aromatic heterocycles. The summed E-state index contributed by atoms with van der Waals surface area (Å²) in [6, 6.07) is 7.90. The van der Waals surface area contributed by atoms with Crippen LogP contribution < -0.4 is 15.4 Å². The van der Waals surface area contributed by atoms with E-state index in [1.165, 1.54) is 0 Å². The first-order valence-corrected chi connectivity index (χ1v) is 5.18. The number of ether oxygens (including phenoxy) is 1. The van der Waals surface area contributed by atoms with Crippen molar-refractivity contribution in [2.45, 2.75) is 6.42 Å². The topological polar surface area (TPSA) is 38.5 Å². The predicted molar refractivity (Wildman–Crippen MR) is 67.7 cm³/mol. The monoisotopic (exact) mass is 224 g/mol. The maximum Gasteiger partial charge on any atom is 0.120 e. The third kappa shape index (κ3) is 3.75. The van der Waals surface area contributed by atoms with E-state index in [0.29, 0.717) is 4.99 Å². The second-order valence-corrected chi connectivity index (χ2v) is 3.86. The highest BCUT2D eigenvalue weighted by Gasteiger charge is 2.02. The van der Waals surface area contributed by atoms with Crippen LogP contribution in [-0.4, -0.2) is 25.7 Å². The standard InChI is InChI=1S/C11H16N2OS/c1-13(7-6-11(12)15)9-4-3-5-10(8-9)14-2/h3-5,8H,6-7H2,1-2H3,(H2,12,15). The maximum absolute atomic E-state index is 5.45. The summed E-state index contributed by atoms with van der Waals surface area (Å²) in [5.41, 5.74) is 6.56. The molecule has 0 spiro atoms. The molecule has 1 aromatic rings. The van der Waals surface area contributed by atoms with Gasteiger partial charge in [0.25, 0.3) is 0 Å². The van der Waals surface area contributed by atoms with E-state index in [1.807, 2.05) is 31.3 Å². The Morgan fingerprint density at radius 2 is 2.27 bits per heavy atom. The lowest BCUT2D eigenvalue weighted by Gasteiger charge is -2.19. The summed E-state index contributed by atoms with van der Waals surface area (Å²) in [4.78, 5) is 2.64. The third-order valence-corrected chi connectivity index (χ3v) is 2.39. The molecule has 82 valence electrons. The van der Waals surface area contributed by atoms with Gasteiger partial charge in [0, 0.05) is 31.8 Å². The van der Waals surface area contributed by atoms with Crippen LogP contribution in [0.3, 0.4) is 0 Å². The molecule has 0 fully saturated rings. The van der Waals surface area contributed by atoms with Gasteiger partial charge in [0.1, 0.15) is 5.75 Å². The fraction of sp³-hybridized carbons (Fsp3) is 0.364. The zero-order valence-electron chi connectivity index (χ0n) is 9.06. The molecule has 0 radical (unpaired) electrons. The van der Waals surface area contributed by atoms with Gasteiger partial charge in [-0.1, -0.05) is 18.3 Å². The van der Waals surface area contributed by atoms with Crippen molar-refractivity contribution < 1.29 is 4.74 Å². The van der Waals surface area contributed by atoms with Crippen molar-refractivity contribution >= 4 is 22.9 Å². The van der Waals surface area contributed by atoms with Crippen molar-refractivity contribution in [2.24, 2.45) is 5.73 Å². The van der Waals surface area contributed by atoms with E-state index in [2.05, 4.69) is 4.90 Å². The molecule has 0 saturated carbocycles. The zero-order chi connectivity index (χ0) is 11.3. The van der Waals surface area contributed by atoms with E-state index in [-0.39, 0.29) is 0 Å². The predicted octanol–water partition coefficient (Wildman–Crippen LogP) is 1.81. The van der Waals surface area contributed by atoms with Gasteiger partial charge < -0.3 is 15.4 Å². The molecule has 0 aliphatic rings. The lowest BCUT2D eigenvalue weighted by Crippen LogP contribution is -2.23. The van der Waals surface area contributed by atoms with Crippen LogP contribution in [0.5, 0.6) is 5.75 Å². The van der Waals surface area contributed by atoms with E-state index in [4.69, 9.17) is 22.7 Å². The smallest absolute Gasteiger partial charge is 0.120 e. The molecule has 0 atom stereocenters. The second-order valence-electron chi connectivity index (χ2n) is 3.34. The highest BCUT2D eigenvalue weighted by molar-refractivity contribution is 7.80. The molecular weight excluding hydrogens is 208 g/mol. The summed E-state index contributed by atoms with van der Waals surface area (Å²) in [7, 11) is 3.67. The minimum atomic E-state index is 0.546. The van der Waals surface area contributed by atoms with Gasteiger partial charge in [-0.05, 0) is 12.1 Å². The molecule has 3 nitrogen and oxygen atoms in total. The molecule has 0 aliphatic carbocycles.